The van der Waals surface area contributed by atoms with Gasteiger partial charge in [0.1, 0.15) is 0 Å². The fourth-order valence-electron chi connectivity index (χ4n) is 1.86. The van der Waals surface area contributed by atoms with E-state index in [9.17, 15) is 4.79 Å². The molecule has 0 saturated carbocycles. The Bertz CT molecular complexity index is 695. The Labute approximate surface area is 85.8 Å². The molecular formula is C13H8O2. The second kappa shape index (κ2) is 2.95. The molecule has 0 saturated heterocycles. The van der Waals surface area contributed by atoms with Crippen molar-refractivity contribution in [2.24, 2.45) is 0 Å². The molecule has 1 aromatic heterocycles. The van der Waals surface area contributed by atoms with E-state index < -0.39 is 0 Å². The van der Waals surface area contributed by atoms with Gasteiger partial charge in [0.2, 0.25) is 0 Å². The average molecular weight is 196 g/mol. The second-order valence-corrected chi connectivity index (χ2v) is 3.51. The molecule has 0 amide bonds. The minimum Gasteiger partial charge on any atom is -0.472 e. The van der Waals surface area contributed by atoms with Crippen molar-refractivity contribution in [1.29, 1.82) is 0 Å². The molecule has 0 radical (unpaired) electrons. The second-order valence-electron chi connectivity index (χ2n) is 3.51. The number of rotatable bonds is 0. The Balaban J connectivity index is 2.60. The van der Waals surface area contributed by atoms with Gasteiger partial charge in [-0.15, -0.1) is 0 Å². The third kappa shape index (κ3) is 1.22. The maximum atomic E-state index is 11.2. The standard InChI is InChI=1S/C13H8O2/c14-11-3-4-12-9(7-11)1-2-10-8-15-6-5-13(10)12/h1-8H. The molecule has 0 aliphatic carbocycles. The summed E-state index contributed by atoms with van der Waals surface area (Å²) in [5.74, 6) is 0. The van der Waals surface area contributed by atoms with Crippen molar-refractivity contribution in [3.05, 3.63) is 59.1 Å². The smallest absolute Gasteiger partial charge is 0.179 e. The van der Waals surface area contributed by atoms with Crippen LogP contribution in [-0.4, -0.2) is 0 Å². The van der Waals surface area contributed by atoms with Crippen LogP contribution in [0.4, 0.5) is 0 Å². The van der Waals surface area contributed by atoms with Gasteiger partial charge in [0.25, 0.3) is 0 Å². The molecule has 0 bridgehead atoms. The van der Waals surface area contributed by atoms with E-state index in [0.29, 0.717) is 0 Å². The highest BCUT2D eigenvalue weighted by Crippen LogP contribution is 2.23. The summed E-state index contributed by atoms with van der Waals surface area (Å²) in [5, 5.41) is 4.21. The zero-order valence-corrected chi connectivity index (χ0v) is 7.94. The summed E-state index contributed by atoms with van der Waals surface area (Å²) in [6, 6.07) is 10.9. The molecule has 2 aromatic carbocycles. The van der Waals surface area contributed by atoms with Gasteiger partial charge >= 0.3 is 0 Å². The number of benzene rings is 2. The Morgan fingerprint density at radius 3 is 2.60 bits per heavy atom. The van der Waals surface area contributed by atoms with E-state index >= 15 is 0 Å². The molecule has 1 heterocycles. The van der Waals surface area contributed by atoms with Crippen molar-refractivity contribution >= 4 is 21.5 Å². The van der Waals surface area contributed by atoms with Crippen molar-refractivity contribution in [2.45, 2.75) is 0 Å². The highest BCUT2D eigenvalue weighted by Gasteiger charge is 2.00. The summed E-state index contributed by atoms with van der Waals surface area (Å²) in [5.41, 5.74) is 0.0440. The lowest BCUT2D eigenvalue weighted by molar-refractivity contribution is 0.557. The summed E-state index contributed by atoms with van der Waals surface area (Å²) < 4.78 is 5.10. The van der Waals surface area contributed by atoms with Crippen LogP contribution in [0.2, 0.25) is 0 Å². The van der Waals surface area contributed by atoms with Crippen LogP contribution in [0.25, 0.3) is 21.5 Å². The van der Waals surface area contributed by atoms with Gasteiger partial charge in [0.15, 0.2) is 5.43 Å². The Kier molecular flexibility index (Phi) is 1.62. The van der Waals surface area contributed by atoms with Crippen LogP contribution in [0, 0.1) is 0 Å². The molecular weight excluding hydrogens is 188 g/mol. The zero-order valence-electron chi connectivity index (χ0n) is 7.94. The SMILES string of the molecule is O=c1ccc2c(ccc3coccc32)c1. The molecule has 0 atom stereocenters. The largest absolute Gasteiger partial charge is 0.472 e. The predicted molar refractivity (Wildman–Crippen MR) is 60.0 cm³/mol. The lowest BCUT2D eigenvalue weighted by Gasteiger charge is -2.01. The monoisotopic (exact) mass is 196 g/mol. The van der Waals surface area contributed by atoms with Crippen molar-refractivity contribution in [1.82, 2.24) is 0 Å². The topological polar surface area (TPSA) is 30.2 Å². The van der Waals surface area contributed by atoms with Crippen molar-refractivity contribution in [3.8, 4) is 0 Å². The highest BCUT2D eigenvalue weighted by molar-refractivity contribution is 6.06. The molecule has 2 nitrogen and oxygen atoms in total. The first-order valence-electron chi connectivity index (χ1n) is 4.73. The summed E-state index contributed by atoms with van der Waals surface area (Å²) in [6.07, 6.45) is 3.35. The zero-order chi connectivity index (χ0) is 10.3. The molecule has 0 N–H and O–H groups in total. The van der Waals surface area contributed by atoms with Crippen LogP contribution in [-0.2, 0) is 0 Å². The van der Waals surface area contributed by atoms with Gasteiger partial charge in [-0.25, -0.2) is 0 Å². The first kappa shape index (κ1) is 8.24. The third-order valence-electron chi connectivity index (χ3n) is 2.57. The van der Waals surface area contributed by atoms with Gasteiger partial charge in [0, 0.05) is 5.39 Å². The first-order valence-corrected chi connectivity index (χ1v) is 4.73. The summed E-state index contributed by atoms with van der Waals surface area (Å²) in [6.45, 7) is 0. The molecule has 15 heavy (non-hydrogen) atoms. The maximum Gasteiger partial charge on any atom is 0.179 e. The fraction of sp³-hybridized carbons (Fsp3) is 0. The van der Waals surface area contributed by atoms with Crippen molar-refractivity contribution < 1.29 is 4.42 Å². The van der Waals surface area contributed by atoms with Crippen LogP contribution in [0.5, 0.6) is 0 Å². The van der Waals surface area contributed by atoms with Crippen LogP contribution in [0.1, 0.15) is 0 Å². The van der Waals surface area contributed by atoms with Gasteiger partial charge in [0.05, 0.1) is 12.5 Å². The molecule has 0 spiro atoms. The molecule has 0 unspecified atom stereocenters. The van der Waals surface area contributed by atoms with E-state index in [1.165, 1.54) is 0 Å². The van der Waals surface area contributed by atoms with Crippen LogP contribution in [0.15, 0.2) is 58.1 Å². The quantitative estimate of drug-likeness (QED) is 0.517. The van der Waals surface area contributed by atoms with Gasteiger partial charge in [-0.1, -0.05) is 12.1 Å². The lowest BCUT2D eigenvalue weighted by atomic mass is 10.0. The molecule has 0 aliphatic heterocycles. The minimum absolute atomic E-state index is 0.0440. The summed E-state index contributed by atoms with van der Waals surface area (Å²) in [7, 11) is 0. The first-order chi connectivity index (χ1) is 7.34. The molecule has 72 valence electrons. The van der Waals surface area contributed by atoms with Crippen molar-refractivity contribution in [3.63, 3.8) is 0 Å². The van der Waals surface area contributed by atoms with Gasteiger partial charge in [-0.2, -0.15) is 0 Å². The Morgan fingerprint density at radius 2 is 1.67 bits per heavy atom. The van der Waals surface area contributed by atoms with Crippen LogP contribution < -0.4 is 5.43 Å². The lowest BCUT2D eigenvalue weighted by Crippen LogP contribution is -1.94. The summed E-state index contributed by atoms with van der Waals surface area (Å²) >= 11 is 0. The van der Waals surface area contributed by atoms with Crippen LogP contribution in [0.3, 0.4) is 0 Å². The van der Waals surface area contributed by atoms with E-state index in [1.807, 2.05) is 24.3 Å². The van der Waals surface area contributed by atoms with Gasteiger partial charge < -0.3 is 4.42 Å². The highest BCUT2D eigenvalue weighted by atomic mass is 16.3. The molecule has 2 heteroatoms. The molecule has 3 aromatic rings. The number of fused-ring (bicyclic) bond motifs is 3. The van der Waals surface area contributed by atoms with Crippen LogP contribution >= 0.6 is 0 Å². The summed E-state index contributed by atoms with van der Waals surface area (Å²) in [4.78, 5) is 11.2. The van der Waals surface area contributed by atoms with E-state index in [4.69, 9.17) is 4.42 Å². The minimum atomic E-state index is 0.0440. The number of hydrogen-bond donors (Lipinski definition) is 0. The van der Waals surface area contributed by atoms with E-state index in [2.05, 4.69) is 0 Å². The normalized spacial score (nSPS) is 10.9. The number of hydrogen-bond acceptors (Lipinski definition) is 2. The fourth-order valence-corrected chi connectivity index (χ4v) is 1.86. The average Bonchev–Trinajstić information content (AvgIpc) is 2.28. The Morgan fingerprint density at radius 1 is 0.867 bits per heavy atom. The van der Waals surface area contributed by atoms with Gasteiger partial charge in [-0.3, -0.25) is 4.79 Å². The van der Waals surface area contributed by atoms with E-state index in [0.717, 1.165) is 21.5 Å². The molecule has 0 fully saturated rings. The third-order valence-corrected chi connectivity index (χ3v) is 2.57. The molecule has 0 aliphatic rings. The predicted octanol–water partition coefficient (Wildman–Crippen LogP) is 2.95. The van der Waals surface area contributed by atoms with Gasteiger partial charge in [-0.05, 0) is 40.4 Å². The molecule has 3 rings (SSSR count). The maximum absolute atomic E-state index is 11.2. The van der Waals surface area contributed by atoms with E-state index in [-0.39, 0.29) is 5.43 Å². The Hall–Kier alpha value is -2.09. The van der Waals surface area contributed by atoms with E-state index in [1.54, 1.807) is 24.7 Å². The van der Waals surface area contributed by atoms with Crippen molar-refractivity contribution in [2.75, 3.05) is 0 Å².